The summed E-state index contributed by atoms with van der Waals surface area (Å²) in [6.45, 7) is 2.12. The number of ether oxygens (including phenoxy) is 1. The van der Waals surface area contributed by atoms with Crippen molar-refractivity contribution in [2.24, 2.45) is 5.41 Å². The van der Waals surface area contributed by atoms with Crippen molar-refractivity contribution in [1.29, 1.82) is 0 Å². The number of fused-ring (bicyclic) bond motifs is 1. The highest BCUT2D eigenvalue weighted by molar-refractivity contribution is 7.63. The number of nitrogens with zero attached hydrogens (tertiary/aromatic N) is 3. The van der Waals surface area contributed by atoms with Crippen molar-refractivity contribution < 1.29 is 51.0 Å². The molecule has 180 valence electrons. The van der Waals surface area contributed by atoms with Gasteiger partial charge in [0, 0.05) is 5.41 Å². The maximum atomic E-state index is 15.1. The van der Waals surface area contributed by atoms with Crippen molar-refractivity contribution in [2.45, 2.75) is 32.4 Å². The number of halogens is 1. The van der Waals surface area contributed by atoms with Gasteiger partial charge < -0.3 is 30.0 Å². The number of aromatic nitrogens is 4. The maximum absolute atomic E-state index is 15.1. The molecule has 3 rings (SSSR count). The van der Waals surface area contributed by atoms with Crippen molar-refractivity contribution in [3.05, 3.63) is 16.7 Å². The fraction of sp³-hybridized carbons (Fsp3) is 0.583. The highest BCUT2D eigenvalue weighted by atomic mass is 31.3. The van der Waals surface area contributed by atoms with Crippen molar-refractivity contribution in [3.8, 4) is 0 Å². The number of nitrogens with two attached hydrogens (primary N) is 1. The van der Waals surface area contributed by atoms with Crippen LogP contribution in [0.25, 0.3) is 11.2 Å². The lowest BCUT2D eigenvalue weighted by molar-refractivity contribution is -0.0456. The molecule has 2 aromatic heterocycles. The zero-order valence-corrected chi connectivity index (χ0v) is 19.0. The summed E-state index contributed by atoms with van der Waals surface area (Å²) < 4.78 is 56.9. The third-order valence-electron chi connectivity index (χ3n) is 4.43. The Labute approximate surface area is 179 Å². The molecule has 5 unspecified atom stereocenters. The molecule has 1 fully saturated rings. The molecule has 20 heteroatoms. The monoisotopic (exact) mass is 521 g/mol. The van der Waals surface area contributed by atoms with E-state index in [4.69, 9.17) is 20.3 Å². The molecule has 5 atom stereocenters. The zero-order chi connectivity index (χ0) is 24.1. The summed E-state index contributed by atoms with van der Waals surface area (Å²) in [4.78, 5) is 58.1. The quantitative estimate of drug-likeness (QED) is 0.258. The molecule has 32 heavy (non-hydrogen) atoms. The molecule has 0 amide bonds. The maximum Gasteiger partial charge on any atom is 0.479 e. The number of phosphoric ester groups is 1. The van der Waals surface area contributed by atoms with Crippen molar-refractivity contribution >= 4 is 41.4 Å². The van der Waals surface area contributed by atoms with Gasteiger partial charge in [0.15, 0.2) is 11.2 Å². The standard InChI is InChI=1S/C12H19FN5O11P3/c1-12(2)7(13)5(3-26-32(24,25)29-30(20)28-31(21,22)23)27-10(12)18-4-15-6-8(18)16-11(14)17-9(6)19/h4-5,7,10,20H,3H2,1-2H3,(H,24,25)(H2,21,22,23)(H3,14,16,17,19). The Kier molecular flexibility index (Phi) is 6.93. The highest BCUT2D eigenvalue weighted by Gasteiger charge is 2.53. The summed E-state index contributed by atoms with van der Waals surface area (Å²) in [5.41, 5.74) is 3.63. The molecule has 0 aliphatic carbocycles. The van der Waals surface area contributed by atoms with Gasteiger partial charge in [0.25, 0.3) is 5.56 Å². The number of aromatic amines is 1. The van der Waals surface area contributed by atoms with Crippen LogP contribution in [0.1, 0.15) is 20.1 Å². The minimum absolute atomic E-state index is 0.0229. The molecule has 0 radical (unpaired) electrons. The summed E-state index contributed by atoms with van der Waals surface area (Å²) in [6, 6.07) is 0. The summed E-state index contributed by atoms with van der Waals surface area (Å²) in [5.74, 6) is -0.201. The number of hydrogen-bond acceptors (Lipinski definition) is 11. The lowest BCUT2D eigenvalue weighted by atomic mass is 9.85. The molecule has 1 aliphatic heterocycles. The predicted molar refractivity (Wildman–Crippen MR) is 104 cm³/mol. The van der Waals surface area contributed by atoms with Crippen LogP contribution >= 0.6 is 24.2 Å². The normalized spacial score (nSPS) is 26.3. The molecule has 2 aromatic rings. The fourth-order valence-corrected chi connectivity index (χ4v) is 5.42. The van der Waals surface area contributed by atoms with Crippen LogP contribution in [0.15, 0.2) is 11.1 Å². The SMILES string of the molecule is CC1(C)C(F)C(COP(=O)(O)OP(O)OP(=O)(O)O)OC1n1cnc2c(=O)[nH]c(N)nc21. The van der Waals surface area contributed by atoms with Crippen LogP contribution in [0.2, 0.25) is 0 Å². The number of alkyl halides is 1. The van der Waals surface area contributed by atoms with Gasteiger partial charge in [-0.2, -0.15) is 4.98 Å². The van der Waals surface area contributed by atoms with Gasteiger partial charge in [0.1, 0.15) is 18.5 Å². The Hall–Kier alpha value is -1.35. The van der Waals surface area contributed by atoms with Crippen LogP contribution in [0, 0.1) is 5.41 Å². The zero-order valence-electron chi connectivity index (χ0n) is 16.3. The minimum atomic E-state index is -5.20. The Bertz CT molecular complexity index is 1150. The first-order chi connectivity index (χ1) is 14.6. The van der Waals surface area contributed by atoms with E-state index in [9.17, 15) is 23.7 Å². The smallest absolute Gasteiger partial charge is 0.369 e. The van der Waals surface area contributed by atoms with Crippen LogP contribution < -0.4 is 11.3 Å². The van der Waals surface area contributed by atoms with Gasteiger partial charge in [-0.05, 0) is 0 Å². The molecule has 0 spiro atoms. The van der Waals surface area contributed by atoms with Gasteiger partial charge in [0.2, 0.25) is 5.95 Å². The van der Waals surface area contributed by atoms with E-state index in [-0.39, 0.29) is 17.1 Å². The second-order valence-electron chi connectivity index (χ2n) is 7.18. The van der Waals surface area contributed by atoms with E-state index in [0.29, 0.717) is 0 Å². The first-order valence-corrected chi connectivity index (χ1v) is 12.7. The summed E-state index contributed by atoms with van der Waals surface area (Å²) in [5, 5.41) is 0. The Morgan fingerprint density at radius 1 is 1.38 bits per heavy atom. The Morgan fingerprint density at radius 2 is 2.03 bits per heavy atom. The second-order valence-corrected chi connectivity index (χ2v) is 11.1. The molecule has 0 bridgehead atoms. The van der Waals surface area contributed by atoms with Gasteiger partial charge in [-0.25, -0.2) is 27.1 Å². The van der Waals surface area contributed by atoms with Crippen LogP contribution in [-0.2, 0) is 27.0 Å². The molecule has 0 saturated carbocycles. The van der Waals surface area contributed by atoms with Crippen molar-refractivity contribution in [3.63, 3.8) is 0 Å². The van der Waals surface area contributed by atoms with Crippen LogP contribution in [-0.4, -0.2) is 58.0 Å². The molecular weight excluding hydrogens is 502 g/mol. The largest absolute Gasteiger partial charge is 0.479 e. The molecule has 7 N–H and O–H groups in total. The Morgan fingerprint density at radius 3 is 2.66 bits per heavy atom. The summed E-state index contributed by atoms with van der Waals surface area (Å²) >= 11 is 0. The molecule has 16 nitrogen and oxygen atoms in total. The van der Waals surface area contributed by atoms with E-state index in [1.165, 1.54) is 24.7 Å². The van der Waals surface area contributed by atoms with Gasteiger partial charge in [-0.1, -0.05) is 13.8 Å². The Balaban J connectivity index is 1.75. The van der Waals surface area contributed by atoms with Gasteiger partial charge in [-0.3, -0.25) is 18.9 Å². The number of anilines is 1. The molecule has 0 aromatic carbocycles. The van der Waals surface area contributed by atoms with E-state index in [0.717, 1.165) is 0 Å². The van der Waals surface area contributed by atoms with E-state index >= 15 is 4.39 Å². The molecule has 3 heterocycles. The van der Waals surface area contributed by atoms with E-state index in [2.05, 4.69) is 28.1 Å². The van der Waals surface area contributed by atoms with Crippen molar-refractivity contribution in [2.75, 3.05) is 12.3 Å². The average molecular weight is 521 g/mol. The van der Waals surface area contributed by atoms with Crippen LogP contribution in [0.4, 0.5) is 10.3 Å². The third kappa shape index (κ3) is 5.41. The number of nitrogen functional groups attached to an aromatic ring is 1. The van der Waals surface area contributed by atoms with Crippen LogP contribution in [0.5, 0.6) is 0 Å². The number of nitrogens with one attached hydrogen (secondary N) is 1. The van der Waals surface area contributed by atoms with E-state index in [1.54, 1.807) is 0 Å². The topological polar surface area (TPSA) is 242 Å². The van der Waals surface area contributed by atoms with E-state index < -0.39 is 60.3 Å². The van der Waals surface area contributed by atoms with Gasteiger partial charge >= 0.3 is 24.2 Å². The summed E-state index contributed by atoms with van der Waals surface area (Å²) in [7, 11) is -13.8. The van der Waals surface area contributed by atoms with Gasteiger partial charge in [-0.15, -0.1) is 0 Å². The number of H-pyrrole nitrogens is 1. The lowest BCUT2D eigenvalue weighted by Gasteiger charge is -2.27. The second kappa shape index (κ2) is 8.78. The lowest BCUT2D eigenvalue weighted by Crippen LogP contribution is -2.32. The molecule has 1 aliphatic rings. The number of imidazole rings is 1. The first kappa shape index (κ1) is 25.3. The van der Waals surface area contributed by atoms with Crippen LogP contribution in [0.3, 0.4) is 0 Å². The minimum Gasteiger partial charge on any atom is -0.369 e. The molecule has 1 saturated heterocycles. The summed E-state index contributed by atoms with van der Waals surface area (Å²) in [6.07, 6.45) is -3.08. The third-order valence-corrected chi connectivity index (χ3v) is 7.70. The number of hydrogen-bond donors (Lipinski definition) is 6. The number of rotatable bonds is 8. The molecular formula is C12H19FN5O11P3. The van der Waals surface area contributed by atoms with Crippen molar-refractivity contribution in [1.82, 2.24) is 19.5 Å². The van der Waals surface area contributed by atoms with Gasteiger partial charge in [0.05, 0.1) is 12.9 Å². The predicted octanol–water partition coefficient (Wildman–Crippen LogP) is 0.426. The number of phosphoric acid groups is 2. The average Bonchev–Trinajstić information content (AvgIpc) is 3.11. The highest BCUT2D eigenvalue weighted by Crippen LogP contribution is 2.61. The fourth-order valence-electron chi connectivity index (χ4n) is 3.07. The first-order valence-electron chi connectivity index (χ1n) is 8.54. The van der Waals surface area contributed by atoms with E-state index in [1.807, 2.05) is 0 Å².